The number of hydrogen-bond acceptors (Lipinski definition) is 2. The van der Waals surface area contributed by atoms with Crippen LogP contribution in [-0.2, 0) is 4.79 Å². The van der Waals surface area contributed by atoms with Crippen molar-refractivity contribution in [2.24, 2.45) is 0 Å². The van der Waals surface area contributed by atoms with E-state index in [-0.39, 0.29) is 18.0 Å². The lowest BCUT2D eigenvalue weighted by Gasteiger charge is -2.24. The summed E-state index contributed by atoms with van der Waals surface area (Å²) in [6.07, 6.45) is 3.76. The molecule has 0 aromatic heterocycles. The maximum Gasteiger partial charge on any atom is 0.322 e. The van der Waals surface area contributed by atoms with Gasteiger partial charge in [-0.1, -0.05) is 12.1 Å². The largest absolute Gasteiger partial charge is 0.352 e. The standard InChI is InChI=1S/C16H21N3O2/c1-11-4-2-5-13(10-11)18-16(21)19-9-3-6-14(19)15(20)17-12-7-8-12/h2,4-5,10,12,14H,3,6-9H2,1H3,(H,17,20)(H,18,21)/t14-/m0/s1. The number of rotatable bonds is 3. The van der Waals surface area contributed by atoms with Crippen molar-refractivity contribution in [3.05, 3.63) is 29.8 Å². The first kappa shape index (κ1) is 13.9. The van der Waals surface area contributed by atoms with Crippen molar-refractivity contribution in [1.29, 1.82) is 0 Å². The minimum Gasteiger partial charge on any atom is -0.352 e. The van der Waals surface area contributed by atoms with E-state index < -0.39 is 0 Å². The second-order valence-electron chi connectivity index (χ2n) is 5.93. The van der Waals surface area contributed by atoms with Gasteiger partial charge in [-0.2, -0.15) is 0 Å². The highest BCUT2D eigenvalue weighted by atomic mass is 16.2. The Kier molecular flexibility index (Phi) is 3.82. The van der Waals surface area contributed by atoms with Crippen LogP contribution < -0.4 is 10.6 Å². The summed E-state index contributed by atoms with van der Waals surface area (Å²) in [7, 11) is 0. The quantitative estimate of drug-likeness (QED) is 0.896. The average Bonchev–Trinajstić information content (AvgIpc) is 3.11. The highest BCUT2D eigenvalue weighted by Crippen LogP contribution is 2.23. The van der Waals surface area contributed by atoms with Gasteiger partial charge >= 0.3 is 6.03 Å². The minimum absolute atomic E-state index is 0.00519. The summed E-state index contributed by atoms with van der Waals surface area (Å²) >= 11 is 0. The van der Waals surface area contributed by atoms with Gasteiger partial charge in [-0.25, -0.2) is 4.79 Å². The van der Waals surface area contributed by atoms with Crippen molar-refractivity contribution < 1.29 is 9.59 Å². The molecule has 0 unspecified atom stereocenters. The Hall–Kier alpha value is -2.04. The molecule has 21 heavy (non-hydrogen) atoms. The monoisotopic (exact) mass is 287 g/mol. The number of carbonyl (C=O) groups excluding carboxylic acids is 2. The second kappa shape index (κ2) is 5.76. The fourth-order valence-electron chi connectivity index (χ4n) is 2.73. The van der Waals surface area contributed by atoms with Crippen molar-refractivity contribution in [3.63, 3.8) is 0 Å². The fraction of sp³-hybridized carbons (Fsp3) is 0.500. The third-order valence-corrected chi connectivity index (χ3v) is 4.01. The van der Waals surface area contributed by atoms with Crippen molar-refractivity contribution in [1.82, 2.24) is 10.2 Å². The lowest BCUT2D eigenvalue weighted by molar-refractivity contribution is -0.124. The Balaban J connectivity index is 1.63. The van der Waals surface area contributed by atoms with Crippen LogP contribution in [0.2, 0.25) is 0 Å². The van der Waals surface area contributed by atoms with Gasteiger partial charge in [-0.15, -0.1) is 0 Å². The molecule has 2 N–H and O–H groups in total. The SMILES string of the molecule is Cc1cccc(NC(=O)N2CCC[C@H]2C(=O)NC2CC2)c1. The van der Waals surface area contributed by atoms with Crippen molar-refractivity contribution >= 4 is 17.6 Å². The van der Waals surface area contributed by atoms with E-state index in [1.54, 1.807) is 4.90 Å². The summed E-state index contributed by atoms with van der Waals surface area (Å²) in [5.41, 5.74) is 1.87. The molecule has 5 nitrogen and oxygen atoms in total. The maximum atomic E-state index is 12.4. The van der Waals surface area contributed by atoms with E-state index in [1.165, 1.54) is 0 Å². The van der Waals surface area contributed by atoms with Gasteiger partial charge in [0.2, 0.25) is 5.91 Å². The van der Waals surface area contributed by atoms with Gasteiger partial charge in [0.05, 0.1) is 0 Å². The zero-order chi connectivity index (χ0) is 14.8. The van der Waals surface area contributed by atoms with Crippen molar-refractivity contribution in [2.45, 2.75) is 44.7 Å². The smallest absolute Gasteiger partial charge is 0.322 e. The fourth-order valence-corrected chi connectivity index (χ4v) is 2.73. The molecule has 1 aliphatic carbocycles. The first-order valence-electron chi connectivity index (χ1n) is 7.58. The summed E-state index contributed by atoms with van der Waals surface area (Å²) in [6, 6.07) is 7.50. The molecule has 0 spiro atoms. The van der Waals surface area contributed by atoms with E-state index in [9.17, 15) is 9.59 Å². The number of urea groups is 1. The molecule has 0 bridgehead atoms. The number of aryl methyl sites for hydroxylation is 1. The molecule has 1 aliphatic heterocycles. The molecule has 1 saturated heterocycles. The maximum absolute atomic E-state index is 12.4. The number of likely N-dealkylation sites (tertiary alicyclic amines) is 1. The van der Waals surface area contributed by atoms with E-state index in [0.717, 1.165) is 36.9 Å². The molecule has 1 aromatic rings. The molecule has 2 fully saturated rings. The third kappa shape index (κ3) is 3.35. The molecule has 112 valence electrons. The third-order valence-electron chi connectivity index (χ3n) is 4.01. The number of benzene rings is 1. The Labute approximate surface area is 124 Å². The number of hydrogen-bond donors (Lipinski definition) is 2. The van der Waals surface area contributed by atoms with E-state index in [4.69, 9.17) is 0 Å². The molecule has 1 saturated carbocycles. The highest BCUT2D eigenvalue weighted by Gasteiger charge is 2.36. The van der Waals surface area contributed by atoms with Crippen molar-refractivity contribution in [2.75, 3.05) is 11.9 Å². The predicted octanol–water partition coefficient (Wildman–Crippen LogP) is 2.27. The van der Waals surface area contributed by atoms with E-state index >= 15 is 0 Å². The lowest BCUT2D eigenvalue weighted by Crippen LogP contribution is -2.48. The minimum atomic E-state index is -0.324. The van der Waals surface area contributed by atoms with Crippen molar-refractivity contribution in [3.8, 4) is 0 Å². The van der Waals surface area contributed by atoms with Crippen LogP contribution in [0.5, 0.6) is 0 Å². The van der Waals surface area contributed by atoms with Crippen LogP contribution >= 0.6 is 0 Å². The molecule has 2 aliphatic rings. The Morgan fingerprint density at radius 3 is 2.76 bits per heavy atom. The van der Waals surface area contributed by atoms with Gasteiger partial charge < -0.3 is 15.5 Å². The van der Waals surface area contributed by atoms with Crippen LogP contribution in [-0.4, -0.2) is 35.5 Å². The van der Waals surface area contributed by atoms with Gasteiger partial charge in [-0.3, -0.25) is 4.79 Å². The summed E-state index contributed by atoms with van der Waals surface area (Å²) in [4.78, 5) is 26.2. The average molecular weight is 287 g/mol. The molecule has 1 heterocycles. The molecule has 1 aromatic carbocycles. The van der Waals surface area contributed by atoms with Gasteiger partial charge in [0.15, 0.2) is 0 Å². The van der Waals surface area contributed by atoms with Crippen LogP contribution in [0, 0.1) is 6.92 Å². The first-order valence-corrected chi connectivity index (χ1v) is 7.58. The predicted molar refractivity (Wildman–Crippen MR) is 81.1 cm³/mol. The van der Waals surface area contributed by atoms with Crippen LogP contribution in [0.1, 0.15) is 31.2 Å². The zero-order valence-corrected chi connectivity index (χ0v) is 12.3. The van der Waals surface area contributed by atoms with Crippen LogP contribution in [0.25, 0.3) is 0 Å². The molecule has 1 atom stereocenters. The number of carbonyl (C=O) groups is 2. The van der Waals surface area contributed by atoms with Crippen LogP contribution in [0.15, 0.2) is 24.3 Å². The Bertz CT molecular complexity index is 554. The molecule has 3 rings (SSSR count). The summed E-state index contributed by atoms with van der Waals surface area (Å²) in [5, 5.41) is 5.88. The molecule has 5 heteroatoms. The molecule has 3 amide bonds. The van der Waals surface area contributed by atoms with Gasteiger partial charge in [-0.05, 0) is 50.3 Å². The van der Waals surface area contributed by atoms with Gasteiger partial charge in [0, 0.05) is 18.3 Å². The summed E-state index contributed by atoms with van der Waals surface area (Å²) in [5.74, 6) is -0.00519. The summed E-state index contributed by atoms with van der Waals surface area (Å²) in [6.45, 7) is 2.62. The normalized spacial score (nSPS) is 21.2. The van der Waals surface area contributed by atoms with E-state index in [0.29, 0.717) is 12.6 Å². The number of nitrogens with zero attached hydrogens (tertiary/aromatic N) is 1. The topological polar surface area (TPSA) is 61.4 Å². The molecule has 0 radical (unpaired) electrons. The van der Waals surface area contributed by atoms with E-state index in [1.807, 2.05) is 31.2 Å². The first-order chi connectivity index (χ1) is 10.1. The molecular formula is C16H21N3O2. The summed E-state index contributed by atoms with van der Waals surface area (Å²) < 4.78 is 0. The Morgan fingerprint density at radius 2 is 2.05 bits per heavy atom. The zero-order valence-electron chi connectivity index (χ0n) is 12.3. The number of amides is 3. The molecular weight excluding hydrogens is 266 g/mol. The highest BCUT2D eigenvalue weighted by molar-refractivity contribution is 5.94. The number of anilines is 1. The second-order valence-corrected chi connectivity index (χ2v) is 5.93. The van der Waals surface area contributed by atoms with Crippen LogP contribution in [0.4, 0.5) is 10.5 Å². The van der Waals surface area contributed by atoms with Gasteiger partial charge in [0.25, 0.3) is 0 Å². The van der Waals surface area contributed by atoms with Gasteiger partial charge in [0.1, 0.15) is 6.04 Å². The lowest BCUT2D eigenvalue weighted by atomic mass is 10.2. The Morgan fingerprint density at radius 1 is 1.24 bits per heavy atom. The number of nitrogens with one attached hydrogen (secondary N) is 2. The van der Waals surface area contributed by atoms with E-state index in [2.05, 4.69) is 10.6 Å². The van der Waals surface area contributed by atoms with Crippen LogP contribution in [0.3, 0.4) is 0 Å².